The zero-order chi connectivity index (χ0) is 23.2. The van der Waals surface area contributed by atoms with Gasteiger partial charge in [-0.05, 0) is 72.8 Å². The van der Waals surface area contributed by atoms with Crippen LogP contribution in [0.15, 0.2) is 94.9 Å². The number of hydrogen-bond donors (Lipinski definition) is 2. The standard InChI is InChI=1S/C26H18F2N2O3/c27-23-5-1-3-17(25(23)31)15-29-19-7-11-21(12-8-19)33-22-13-9-20(10-14-22)30-16-18-4-2-6-24(28)26(18)32/h1-16,31-32H. The fraction of sp³-hybridized carbons (Fsp3) is 0. The molecule has 4 aromatic carbocycles. The molecule has 4 aromatic rings. The van der Waals surface area contributed by atoms with Crippen LogP contribution in [0, 0.1) is 11.6 Å². The maximum atomic E-state index is 13.4. The van der Waals surface area contributed by atoms with Crippen molar-refractivity contribution in [1.29, 1.82) is 0 Å². The van der Waals surface area contributed by atoms with Gasteiger partial charge >= 0.3 is 0 Å². The number of aromatic hydroxyl groups is 2. The van der Waals surface area contributed by atoms with Crippen LogP contribution in [0.4, 0.5) is 20.2 Å². The van der Waals surface area contributed by atoms with E-state index in [0.717, 1.165) is 0 Å². The summed E-state index contributed by atoms with van der Waals surface area (Å²) in [5.41, 5.74) is 1.78. The second-order valence-corrected chi connectivity index (χ2v) is 6.96. The molecule has 2 N–H and O–H groups in total. The summed E-state index contributed by atoms with van der Waals surface area (Å²) in [5, 5.41) is 19.4. The van der Waals surface area contributed by atoms with Crippen molar-refractivity contribution >= 4 is 23.8 Å². The molecule has 0 aliphatic rings. The number of nitrogens with zero attached hydrogens (tertiary/aromatic N) is 2. The minimum Gasteiger partial charge on any atom is -0.504 e. The summed E-state index contributed by atoms with van der Waals surface area (Å²) in [4.78, 5) is 8.46. The van der Waals surface area contributed by atoms with Gasteiger partial charge in [0.2, 0.25) is 0 Å². The van der Waals surface area contributed by atoms with Crippen molar-refractivity contribution < 1.29 is 23.7 Å². The van der Waals surface area contributed by atoms with Gasteiger partial charge in [-0.2, -0.15) is 0 Å². The van der Waals surface area contributed by atoms with E-state index in [0.29, 0.717) is 22.9 Å². The Kier molecular flexibility index (Phi) is 6.40. The number of benzene rings is 4. The molecule has 0 saturated heterocycles. The molecular weight excluding hydrogens is 426 g/mol. The molecule has 5 nitrogen and oxygen atoms in total. The summed E-state index contributed by atoms with van der Waals surface area (Å²) >= 11 is 0. The molecule has 33 heavy (non-hydrogen) atoms. The third-order valence-corrected chi connectivity index (χ3v) is 4.65. The number of rotatable bonds is 6. The molecular formula is C26H18F2N2O3. The maximum Gasteiger partial charge on any atom is 0.165 e. The van der Waals surface area contributed by atoms with E-state index in [1.165, 1.54) is 36.7 Å². The summed E-state index contributed by atoms with van der Waals surface area (Å²) in [6.45, 7) is 0. The molecule has 0 amide bonds. The van der Waals surface area contributed by atoms with Crippen LogP contribution in [-0.2, 0) is 0 Å². The highest BCUT2D eigenvalue weighted by molar-refractivity contribution is 5.86. The van der Waals surface area contributed by atoms with Gasteiger partial charge in [-0.25, -0.2) is 8.78 Å². The molecule has 0 spiro atoms. The lowest BCUT2D eigenvalue weighted by molar-refractivity contribution is 0.431. The molecule has 0 aliphatic carbocycles. The van der Waals surface area contributed by atoms with Crippen LogP contribution in [0.1, 0.15) is 11.1 Å². The molecule has 0 unspecified atom stereocenters. The Morgan fingerprint density at radius 2 is 0.970 bits per heavy atom. The van der Waals surface area contributed by atoms with Gasteiger partial charge in [0.25, 0.3) is 0 Å². The van der Waals surface area contributed by atoms with Crippen molar-refractivity contribution in [3.63, 3.8) is 0 Å². The molecule has 0 saturated carbocycles. The van der Waals surface area contributed by atoms with E-state index in [1.807, 2.05) is 0 Å². The fourth-order valence-electron chi connectivity index (χ4n) is 2.90. The van der Waals surface area contributed by atoms with E-state index in [2.05, 4.69) is 9.98 Å². The topological polar surface area (TPSA) is 74.4 Å². The average Bonchev–Trinajstić information content (AvgIpc) is 2.83. The Balaban J connectivity index is 1.39. The Morgan fingerprint density at radius 3 is 1.36 bits per heavy atom. The van der Waals surface area contributed by atoms with E-state index in [9.17, 15) is 19.0 Å². The van der Waals surface area contributed by atoms with Crippen LogP contribution in [0.3, 0.4) is 0 Å². The molecule has 4 rings (SSSR count). The molecule has 164 valence electrons. The van der Waals surface area contributed by atoms with Crippen LogP contribution in [0.5, 0.6) is 23.0 Å². The van der Waals surface area contributed by atoms with E-state index < -0.39 is 23.1 Å². The van der Waals surface area contributed by atoms with Crippen LogP contribution in [-0.4, -0.2) is 22.6 Å². The summed E-state index contributed by atoms with van der Waals surface area (Å²) in [6, 6.07) is 22.3. The predicted molar refractivity (Wildman–Crippen MR) is 124 cm³/mol. The molecule has 0 radical (unpaired) electrons. The monoisotopic (exact) mass is 444 g/mol. The first-order chi connectivity index (χ1) is 16.0. The lowest BCUT2D eigenvalue weighted by Gasteiger charge is -2.06. The highest BCUT2D eigenvalue weighted by Crippen LogP contribution is 2.27. The maximum absolute atomic E-state index is 13.4. The molecule has 0 heterocycles. The van der Waals surface area contributed by atoms with Crippen molar-refractivity contribution in [3.05, 3.63) is 108 Å². The minimum absolute atomic E-state index is 0.283. The smallest absolute Gasteiger partial charge is 0.165 e. The van der Waals surface area contributed by atoms with E-state index in [4.69, 9.17) is 4.74 Å². The Labute approximate surface area is 188 Å². The van der Waals surface area contributed by atoms with E-state index >= 15 is 0 Å². The third kappa shape index (κ3) is 5.40. The lowest BCUT2D eigenvalue weighted by atomic mass is 10.2. The van der Waals surface area contributed by atoms with Gasteiger partial charge in [0, 0.05) is 23.6 Å². The highest BCUT2D eigenvalue weighted by Gasteiger charge is 2.05. The van der Waals surface area contributed by atoms with Gasteiger partial charge < -0.3 is 14.9 Å². The Morgan fingerprint density at radius 1 is 0.576 bits per heavy atom. The van der Waals surface area contributed by atoms with Crippen molar-refractivity contribution in [2.75, 3.05) is 0 Å². The SMILES string of the molecule is Oc1c(F)cccc1C=Nc1ccc(Oc2ccc(N=Cc3cccc(F)c3O)cc2)cc1. The quantitative estimate of drug-likeness (QED) is 0.326. The number of phenolic OH excluding ortho intramolecular Hbond substituents is 2. The Bertz CT molecular complexity index is 1220. The molecule has 0 atom stereocenters. The first kappa shape index (κ1) is 21.7. The summed E-state index contributed by atoms with van der Waals surface area (Å²) in [7, 11) is 0. The number of phenols is 2. The van der Waals surface area contributed by atoms with Gasteiger partial charge in [0.15, 0.2) is 23.1 Å². The fourth-order valence-corrected chi connectivity index (χ4v) is 2.90. The van der Waals surface area contributed by atoms with Crippen molar-refractivity contribution in [3.8, 4) is 23.0 Å². The Hall–Kier alpha value is -4.52. The number of para-hydroxylation sites is 2. The van der Waals surface area contributed by atoms with Gasteiger partial charge in [0.05, 0.1) is 11.4 Å². The number of halogens is 2. The predicted octanol–water partition coefficient (Wildman–Crippen LogP) is 6.67. The molecule has 0 bridgehead atoms. The van der Waals surface area contributed by atoms with Crippen LogP contribution in [0.2, 0.25) is 0 Å². The summed E-state index contributed by atoms with van der Waals surface area (Å²) in [5.74, 6) is -1.12. The highest BCUT2D eigenvalue weighted by atomic mass is 19.1. The van der Waals surface area contributed by atoms with Crippen molar-refractivity contribution in [2.24, 2.45) is 9.98 Å². The first-order valence-corrected chi connectivity index (χ1v) is 9.91. The molecule has 7 heteroatoms. The van der Waals surface area contributed by atoms with Crippen LogP contribution < -0.4 is 4.74 Å². The van der Waals surface area contributed by atoms with Crippen molar-refractivity contribution in [2.45, 2.75) is 0 Å². The minimum atomic E-state index is -0.702. The molecule has 0 aliphatic heterocycles. The van der Waals surface area contributed by atoms with E-state index in [-0.39, 0.29) is 11.1 Å². The van der Waals surface area contributed by atoms with Gasteiger partial charge in [-0.1, -0.05) is 12.1 Å². The second kappa shape index (κ2) is 9.74. The number of aliphatic imine (C=N–C) groups is 2. The van der Waals surface area contributed by atoms with E-state index in [1.54, 1.807) is 60.7 Å². The third-order valence-electron chi connectivity index (χ3n) is 4.65. The van der Waals surface area contributed by atoms with Crippen LogP contribution >= 0.6 is 0 Å². The van der Waals surface area contributed by atoms with Gasteiger partial charge in [0.1, 0.15) is 11.5 Å². The largest absolute Gasteiger partial charge is 0.504 e. The number of hydrogen-bond acceptors (Lipinski definition) is 5. The zero-order valence-electron chi connectivity index (χ0n) is 17.2. The first-order valence-electron chi connectivity index (χ1n) is 9.91. The average molecular weight is 444 g/mol. The zero-order valence-corrected chi connectivity index (χ0v) is 17.2. The molecule has 0 aromatic heterocycles. The normalized spacial score (nSPS) is 11.3. The van der Waals surface area contributed by atoms with Crippen LogP contribution in [0.25, 0.3) is 0 Å². The second-order valence-electron chi connectivity index (χ2n) is 6.96. The van der Waals surface area contributed by atoms with Gasteiger partial charge in [-0.3, -0.25) is 9.98 Å². The summed E-state index contributed by atoms with van der Waals surface area (Å²) < 4.78 is 32.6. The lowest BCUT2D eigenvalue weighted by Crippen LogP contribution is -1.86. The molecule has 0 fully saturated rings. The van der Waals surface area contributed by atoms with Gasteiger partial charge in [-0.15, -0.1) is 0 Å². The summed E-state index contributed by atoms with van der Waals surface area (Å²) in [6.07, 6.45) is 2.77. The van der Waals surface area contributed by atoms with Crippen molar-refractivity contribution in [1.82, 2.24) is 0 Å². The number of ether oxygens (including phenoxy) is 1.